The molecule has 0 aliphatic heterocycles. The van der Waals surface area contributed by atoms with E-state index in [1.54, 1.807) is 25.3 Å². The SMILES string of the molecule is Cc1nc2c(Nc3ccccc3S(C)=O)cc(Cl)nc2n1SF. The summed E-state index contributed by atoms with van der Waals surface area (Å²) in [6.45, 7) is 1.68. The Balaban J connectivity index is 2.16. The summed E-state index contributed by atoms with van der Waals surface area (Å²) in [5.41, 5.74) is 2.08. The minimum Gasteiger partial charge on any atom is -0.353 e. The molecule has 1 unspecified atom stereocenters. The standard InChI is InChI=1S/C14H12ClFN4OS2/c1-8-17-13-10(7-12(15)19-14(13)20(8)22-16)18-9-5-3-4-6-11(9)23(2)21/h3-7H,1-2H3,(H,18,19). The van der Waals surface area contributed by atoms with Gasteiger partial charge < -0.3 is 5.32 Å². The van der Waals surface area contributed by atoms with Crippen LogP contribution < -0.4 is 5.32 Å². The fourth-order valence-corrected chi connectivity index (χ4v) is 3.47. The first-order chi connectivity index (χ1) is 11.0. The van der Waals surface area contributed by atoms with Gasteiger partial charge in [-0.15, -0.1) is 3.89 Å². The first kappa shape index (κ1) is 16.2. The molecule has 3 aromatic rings. The van der Waals surface area contributed by atoms with E-state index in [-0.39, 0.29) is 17.5 Å². The van der Waals surface area contributed by atoms with E-state index in [9.17, 15) is 8.09 Å². The van der Waals surface area contributed by atoms with E-state index < -0.39 is 10.8 Å². The minimum atomic E-state index is -1.15. The van der Waals surface area contributed by atoms with Crippen LogP contribution in [0.1, 0.15) is 5.82 Å². The van der Waals surface area contributed by atoms with E-state index in [4.69, 9.17) is 11.6 Å². The van der Waals surface area contributed by atoms with Crippen LogP contribution in [0.3, 0.4) is 0 Å². The van der Waals surface area contributed by atoms with Gasteiger partial charge in [-0.25, -0.2) is 13.9 Å². The van der Waals surface area contributed by atoms with Crippen molar-refractivity contribution in [3.05, 3.63) is 41.3 Å². The van der Waals surface area contributed by atoms with E-state index in [2.05, 4.69) is 15.3 Å². The third-order valence-electron chi connectivity index (χ3n) is 3.24. The van der Waals surface area contributed by atoms with Crippen LogP contribution in [-0.2, 0) is 10.8 Å². The molecule has 0 spiro atoms. The maximum Gasteiger partial charge on any atom is 0.176 e. The first-order valence-electron chi connectivity index (χ1n) is 6.55. The summed E-state index contributed by atoms with van der Waals surface area (Å²) in [6, 6.07) is 8.85. The number of hydrogen-bond donors (Lipinski definition) is 1. The second-order valence-electron chi connectivity index (χ2n) is 4.76. The largest absolute Gasteiger partial charge is 0.353 e. The zero-order valence-corrected chi connectivity index (χ0v) is 14.6. The second kappa shape index (κ2) is 6.46. The molecule has 0 saturated heterocycles. The molecular weight excluding hydrogens is 359 g/mol. The number of rotatable bonds is 4. The van der Waals surface area contributed by atoms with Gasteiger partial charge in [0.05, 0.1) is 27.1 Å². The predicted octanol–water partition coefficient (Wildman–Crippen LogP) is 4.25. The Morgan fingerprint density at radius 3 is 2.74 bits per heavy atom. The number of halogens is 2. The van der Waals surface area contributed by atoms with Gasteiger partial charge in [-0.3, -0.25) is 4.21 Å². The van der Waals surface area contributed by atoms with Crippen LogP contribution in [0, 0.1) is 6.92 Å². The molecule has 1 N–H and O–H groups in total. The highest BCUT2D eigenvalue weighted by molar-refractivity contribution is 7.92. The highest BCUT2D eigenvalue weighted by Gasteiger charge is 2.16. The van der Waals surface area contributed by atoms with Gasteiger partial charge in [-0.05, 0) is 19.1 Å². The van der Waals surface area contributed by atoms with Crippen molar-refractivity contribution >= 4 is 57.3 Å². The summed E-state index contributed by atoms with van der Waals surface area (Å²) in [7, 11) is -1.15. The van der Waals surface area contributed by atoms with Gasteiger partial charge in [0.25, 0.3) is 0 Å². The van der Waals surface area contributed by atoms with Gasteiger partial charge in [0.15, 0.2) is 18.0 Å². The van der Waals surface area contributed by atoms with Crippen molar-refractivity contribution in [2.75, 3.05) is 11.6 Å². The molecule has 120 valence electrons. The zero-order valence-electron chi connectivity index (χ0n) is 12.2. The number of nitrogens with one attached hydrogen (secondary N) is 1. The lowest BCUT2D eigenvalue weighted by atomic mass is 10.3. The second-order valence-corrected chi connectivity index (χ2v) is 7.00. The number of aryl methyl sites for hydroxylation is 1. The number of anilines is 2. The molecule has 0 aliphatic carbocycles. The molecule has 0 radical (unpaired) electrons. The summed E-state index contributed by atoms with van der Waals surface area (Å²) in [5.74, 6) is 0.470. The monoisotopic (exact) mass is 370 g/mol. The van der Waals surface area contributed by atoms with E-state index >= 15 is 0 Å². The number of fused-ring (bicyclic) bond motifs is 1. The van der Waals surface area contributed by atoms with Crippen LogP contribution in [0.4, 0.5) is 15.3 Å². The van der Waals surface area contributed by atoms with Crippen LogP contribution in [0.2, 0.25) is 5.15 Å². The number of para-hydroxylation sites is 1. The molecule has 0 fully saturated rings. The number of imidazole rings is 1. The summed E-state index contributed by atoms with van der Waals surface area (Å²) in [5, 5.41) is 3.39. The van der Waals surface area contributed by atoms with Crippen LogP contribution in [0.25, 0.3) is 11.2 Å². The number of pyridine rings is 1. The van der Waals surface area contributed by atoms with Gasteiger partial charge in [0.1, 0.15) is 16.5 Å². The lowest BCUT2D eigenvalue weighted by molar-refractivity contribution is 0.687. The lowest BCUT2D eigenvalue weighted by Crippen LogP contribution is -1.99. The number of hydrogen-bond acceptors (Lipinski definition) is 5. The van der Waals surface area contributed by atoms with E-state index in [0.29, 0.717) is 33.3 Å². The summed E-state index contributed by atoms with van der Waals surface area (Å²) >= 11 is 6.07. The van der Waals surface area contributed by atoms with E-state index in [0.717, 1.165) is 0 Å². The van der Waals surface area contributed by atoms with Crippen LogP contribution in [0.15, 0.2) is 35.2 Å². The van der Waals surface area contributed by atoms with Gasteiger partial charge in [-0.2, -0.15) is 0 Å². The molecule has 2 aromatic heterocycles. The fourth-order valence-electron chi connectivity index (χ4n) is 2.25. The smallest absolute Gasteiger partial charge is 0.176 e. The van der Waals surface area contributed by atoms with Crippen LogP contribution in [0.5, 0.6) is 0 Å². The molecule has 5 nitrogen and oxygen atoms in total. The maximum absolute atomic E-state index is 13.1. The highest BCUT2D eigenvalue weighted by atomic mass is 35.5. The summed E-state index contributed by atoms with van der Waals surface area (Å²) in [6.07, 6.45) is 1.61. The fraction of sp³-hybridized carbons (Fsp3) is 0.143. The molecule has 23 heavy (non-hydrogen) atoms. The average Bonchev–Trinajstić information content (AvgIpc) is 2.83. The molecule has 1 atom stereocenters. The van der Waals surface area contributed by atoms with Crippen molar-refractivity contribution in [3.8, 4) is 0 Å². The van der Waals surface area contributed by atoms with Crippen LogP contribution in [-0.4, -0.2) is 24.4 Å². The third kappa shape index (κ3) is 3.06. The molecule has 9 heteroatoms. The molecule has 0 amide bonds. The molecular formula is C14H12ClFN4OS2. The number of aromatic nitrogens is 3. The quantitative estimate of drug-likeness (QED) is 0.695. The molecule has 0 saturated carbocycles. The van der Waals surface area contributed by atoms with Crippen molar-refractivity contribution in [1.29, 1.82) is 0 Å². The van der Waals surface area contributed by atoms with Crippen molar-refractivity contribution in [3.63, 3.8) is 0 Å². The molecule has 1 aromatic carbocycles. The first-order valence-corrected chi connectivity index (χ1v) is 9.16. The Kier molecular flexibility index (Phi) is 4.56. The lowest BCUT2D eigenvalue weighted by Gasteiger charge is -2.11. The van der Waals surface area contributed by atoms with E-state index in [1.807, 2.05) is 18.2 Å². The molecule has 0 bridgehead atoms. The normalized spacial score (nSPS) is 12.5. The van der Waals surface area contributed by atoms with Gasteiger partial charge in [0.2, 0.25) is 0 Å². The van der Waals surface area contributed by atoms with Crippen molar-refractivity contribution in [2.24, 2.45) is 0 Å². The Morgan fingerprint density at radius 1 is 1.30 bits per heavy atom. The van der Waals surface area contributed by atoms with Gasteiger partial charge in [0, 0.05) is 12.3 Å². The zero-order chi connectivity index (χ0) is 16.6. The van der Waals surface area contributed by atoms with Crippen molar-refractivity contribution < 1.29 is 8.09 Å². The Hall–Kier alpha value is -1.64. The van der Waals surface area contributed by atoms with Crippen molar-refractivity contribution in [1.82, 2.24) is 13.9 Å². The Bertz CT molecular complexity index is 915. The summed E-state index contributed by atoms with van der Waals surface area (Å²) < 4.78 is 26.2. The van der Waals surface area contributed by atoms with Crippen LogP contribution >= 0.6 is 23.9 Å². The molecule has 0 aliphatic rings. The minimum absolute atomic E-state index is 0.0199. The summed E-state index contributed by atoms with van der Waals surface area (Å²) in [4.78, 5) is 9.13. The maximum atomic E-state index is 13.1. The van der Waals surface area contributed by atoms with Gasteiger partial charge in [-0.1, -0.05) is 23.7 Å². The molecule has 3 rings (SSSR count). The third-order valence-corrected chi connectivity index (χ3v) is 4.98. The topological polar surface area (TPSA) is 59.8 Å². The highest BCUT2D eigenvalue weighted by Crippen LogP contribution is 2.32. The number of nitrogens with zero attached hydrogens (tertiary/aromatic N) is 3. The number of benzene rings is 1. The predicted molar refractivity (Wildman–Crippen MR) is 93.4 cm³/mol. The van der Waals surface area contributed by atoms with Gasteiger partial charge >= 0.3 is 0 Å². The average molecular weight is 371 g/mol. The Labute approximate surface area is 144 Å². The molecule has 2 heterocycles. The van der Waals surface area contributed by atoms with E-state index in [1.165, 1.54) is 3.97 Å². The van der Waals surface area contributed by atoms with Crippen molar-refractivity contribution in [2.45, 2.75) is 11.8 Å². The Morgan fingerprint density at radius 2 is 2.04 bits per heavy atom.